The van der Waals surface area contributed by atoms with Crippen molar-refractivity contribution in [2.24, 2.45) is 0 Å². The van der Waals surface area contributed by atoms with Crippen molar-refractivity contribution in [1.29, 1.82) is 0 Å². The van der Waals surface area contributed by atoms with Gasteiger partial charge in [-0.1, -0.05) is 103 Å². The third-order valence-electron chi connectivity index (χ3n) is 11.0. The molecular formula is C48H39NO7. The number of hydrogen-bond donors (Lipinski definition) is 2. The van der Waals surface area contributed by atoms with Crippen LogP contribution in [0.1, 0.15) is 84.1 Å². The summed E-state index contributed by atoms with van der Waals surface area (Å²) in [5.41, 5.74) is 9.99. The summed E-state index contributed by atoms with van der Waals surface area (Å²) in [4.78, 5) is 46.2. The molecule has 2 N–H and O–H groups in total. The van der Waals surface area contributed by atoms with Gasteiger partial charge in [0, 0.05) is 39.7 Å². The number of carboxylic acid groups (broad SMARTS) is 1. The van der Waals surface area contributed by atoms with Crippen LogP contribution in [-0.2, 0) is 9.78 Å². The first-order chi connectivity index (χ1) is 27.4. The first kappa shape index (κ1) is 36.4. The fourth-order valence-electron chi connectivity index (χ4n) is 8.38. The Bertz CT molecular complexity index is 2480. The number of aromatic carboxylic acids is 1. The summed E-state index contributed by atoms with van der Waals surface area (Å²) in [6.07, 6.45) is 6.90. The molecule has 8 heteroatoms. The number of rotatable bonds is 9. The van der Waals surface area contributed by atoms with E-state index in [4.69, 9.17) is 5.11 Å². The molecule has 8 nitrogen and oxygen atoms in total. The Balaban J connectivity index is 0.000000206. The number of fused-ring (bicyclic) bond motifs is 6. The second-order valence-electron chi connectivity index (χ2n) is 14.1. The summed E-state index contributed by atoms with van der Waals surface area (Å²) >= 11 is 0. The molecule has 0 amide bonds. The van der Waals surface area contributed by atoms with Gasteiger partial charge in [-0.2, -0.15) is 0 Å². The quantitative estimate of drug-likeness (QED) is 0.0652. The van der Waals surface area contributed by atoms with E-state index >= 15 is 0 Å². The molecule has 0 bridgehead atoms. The largest absolute Gasteiger partial charge is 0.507 e. The van der Waals surface area contributed by atoms with E-state index in [1.165, 1.54) is 89.2 Å². The van der Waals surface area contributed by atoms with Gasteiger partial charge >= 0.3 is 5.97 Å². The van der Waals surface area contributed by atoms with Gasteiger partial charge in [0.2, 0.25) is 0 Å². The van der Waals surface area contributed by atoms with Crippen LogP contribution in [0.2, 0.25) is 0 Å². The van der Waals surface area contributed by atoms with Crippen LogP contribution in [0, 0.1) is 0 Å². The highest BCUT2D eigenvalue weighted by atomic mass is 17.2. The summed E-state index contributed by atoms with van der Waals surface area (Å²) < 4.78 is 0. The van der Waals surface area contributed by atoms with Gasteiger partial charge in [-0.05, 0) is 88.5 Å². The van der Waals surface area contributed by atoms with Crippen molar-refractivity contribution in [3.8, 4) is 0 Å². The Labute approximate surface area is 324 Å². The van der Waals surface area contributed by atoms with Crippen LogP contribution >= 0.6 is 0 Å². The van der Waals surface area contributed by atoms with Crippen LogP contribution in [0.4, 0.5) is 11.4 Å². The van der Waals surface area contributed by atoms with E-state index in [9.17, 15) is 19.5 Å². The lowest BCUT2D eigenvalue weighted by atomic mass is 9.92. The molecule has 0 saturated heterocycles. The molecule has 3 aliphatic rings. The molecule has 1 fully saturated rings. The van der Waals surface area contributed by atoms with Crippen LogP contribution in [0.3, 0.4) is 0 Å². The monoisotopic (exact) mass is 741 g/mol. The number of carbonyl (C=O) groups is 3. The number of benzene rings is 6. The van der Waals surface area contributed by atoms with Crippen LogP contribution in [0.5, 0.6) is 0 Å². The van der Waals surface area contributed by atoms with E-state index in [1.54, 1.807) is 0 Å². The molecule has 56 heavy (non-hydrogen) atoms. The average molecular weight is 742 g/mol. The SMILES string of the molecule is COOCC1=C(O)c2cc(C(=O)O)ccc2C1=O.O=Cc1cc2c(c3ccccc13)N(c1ccc(C=C(c3ccccc3)c3ccccc3)cc1)C1CCCC21. The Morgan fingerprint density at radius 2 is 1.45 bits per heavy atom. The molecule has 1 saturated carbocycles. The minimum Gasteiger partial charge on any atom is -0.507 e. The standard InChI is InChI=1S/C36H29NO.C12H10O6/c38-24-28-23-34-31-16-9-17-35(31)37(36(34)32-15-8-7-14-30(28)32)29-20-18-25(19-21-29)22-33(26-10-3-1-4-11-26)27-12-5-2-6-13-27;1-17-18-5-9-10(13)7-3-2-6(12(15)16)4-8(7)11(9)14/h1-8,10-15,18-24,31,35H,9,16-17H2;2-4,14H,5H2,1H3,(H,15,16). The maximum Gasteiger partial charge on any atom is 0.335 e. The Morgan fingerprint density at radius 3 is 2.09 bits per heavy atom. The topological polar surface area (TPSA) is 113 Å². The van der Waals surface area contributed by atoms with Crippen molar-refractivity contribution in [3.05, 3.63) is 184 Å². The van der Waals surface area contributed by atoms with E-state index in [-0.39, 0.29) is 34.6 Å². The van der Waals surface area contributed by atoms with Crippen molar-refractivity contribution >= 4 is 57.6 Å². The summed E-state index contributed by atoms with van der Waals surface area (Å²) in [6, 6.07) is 45.1. The summed E-state index contributed by atoms with van der Waals surface area (Å²) in [5, 5.41) is 20.9. The molecular weight excluding hydrogens is 703 g/mol. The van der Waals surface area contributed by atoms with Gasteiger partial charge in [0.1, 0.15) is 12.4 Å². The number of hydrogen-bond acceptors (Lipinski definition) is 7. The molecule has 6 aromatic rings. The van der Waals surface area contributed by atoms with Gasteiger partial charge < -0.3 is 15.1 Å². The predicted octanol–water partition coefficient (Wildman–Crippen LogP) is 10.5. The number of aliphatic hydroxyl groups is 1. The predicted molar refractivity (Wildman–Crippen MR) is 218 cm³/mol. The number of carbonyl (C=O) groups excluding carboxylic acids is 2. The van der Waals surface area contributed by atoms with Crippen molar-refractivity contribution in [3.63, 3.8) is 0 Å². The molecule has 0 aromatic heterocycles. The highest BCUT2D eigenvalue weighted by molar-refractivity contribution is 6.20. The van der Waals surface area contributed by atoms with Crippen LogP contribution < -0.4 is 4.90 Å². The fourth-order valence-corrected chi connectivity index (χ4v) is 8.38. The summed E-state index contributed by atoms with van der Waals surface area (Å²) in [6.45, 7) is -0.196. The Morgan fingerprint density at radius 1 is 0.786 bits per heavy atom. The van der Waals surface area contributed by atoms with Crippen molar-refractivity contribution < 1.29 is 34.4 Å². The maximum atomic E-state index is 12.0. The first-order valence-electron chi connectivity index (χ1n) is 18.6. The van der Waals surface area contributed by atoms with E-state index < -0.39 is 11.8 Å². The molecule has 2 aliphatic carbocycles. The summed E-state index contributed by atoms with van der Waals surface area (Å²) in [7, 11) is 1.28. The lowest BCUT2D eigenvalue weighted by Gasteiger charge is -2.28. The molecule has 9 rings (SSSR count). The molecule has 1 aliphatic heterocycles. The molecule has 1 heterocycles. The highest BCUT2D eigenvalue weighted by Gasteiger charge is 2.43. The average Bonchev–Trinajstić information content (AvgIpc) is 3.91. The van der Waals surface area contributed by atoms with Gasteiger partial charge in [0.15, 0.2) is 12.1 Å². The fraction of sp³-hybridized carbons (Fsp3) is 0.146. The molecule has 0 spiro atoms. The number of Topliss-reactive ketones (excluding diaryl/α,β-unsaturated/α-hetero) is 1. The maximum absolute atomic E-state index is 12.0. The zero-order chi connectivity index (χ0) is 38.8. The summed E-state index contributed by atoms with van der Waals surface area (Å²) in [5.74, 6) is -1.30. The zero-order valence-electron chi connectivity index (χ0n) is 30.7. The molecule has 0 radical (unpaired) electrons. The smallest absolute Gasteiger partial charge is 0.335 e. The Kier molecular flexibility index (Phi) is 10.1. The number of anilines is 2. The number of carboxylic acids is 1. The lowest BCUT2D eigenvalue weighted by molar-refractivity contribution is -0.264. The number of aliphatic hydroxyl groups excluding tert-OH is 1. The van der Waals surface area contributed by atoms with E-state index in [0.29, 0.717) is 12.0 Å². The third-order valence-corrected chi connectivity index (χ3v) is 11.0. The minimum absolute atomic E-state index is 0.00186. The second kappa shape index (κ2) is 15.6. The molecule has 2 unspecified atom stereocenters. The van der Waals surface area contributed by atoms with E-state index in [2.05, 4.69) is 130 Å². The molecule has 2 atom stereocenters. The highest BCUT2D eigenvalue weighted by Crippen LogP contribution is 2.55. The van der Waals surface area contributed by atoms with E-state index in [1.807, 2.05) is 6.07 Å². The van der Waals surface area contributed by atoms with Crippen LogP contribution in [0.25, 0.3) is 28.2 Å². The Hall–Kier alpha value is -6.61. The van der Waals surface area contributed by atoms with Gasteiger partial charge in [-0.3, -0.25) is 9.59 Å². The number of aldehydes is 1. The van der Waals surface area contributed by atoms with Crippen LogP contribution in [-0.4, -0.2) is 48.0 Å². The van der Waals surface area contributed by atoms with Crippen molar-refractivity contribution in [2.75, 3.05) is 18.6 Å². The number of nitrogens with zero attached hydrogens (tertiary/aromatic N) is 1. The van der Waals surface area contributed by atoms with Gasteiger partial charge in [-0.15, -0.1) is 0 Å². The normalized spacial score (nSPS) is 16.5. The van der Waals surface area contributed by atoms with Crippen molar-refractivity contribution in [1.82, 2.24) is 0 Å². The number of ketones is 1. The first-order valence-corrected chi connectivity index (χ1v) is 18.6. The third kappa shape index (κ3) is 6.70. The van der Waals surface area contributed by atoms with Crippen molar-refractivity contribution in [2.45, 2.75) is 31.2 Å². The van der Waals surface area contributed by atoms with Crippen LogP contribution in [0.15, 0.2) is 139 Å². The minimum atomic E-state index is -1.13. The van der Waals surface area contributed by atoms with Gasteiger partial charge in [-0.25, -0.2) is 14.6 Å². The van der Waals surface area contributed by atoms with Gasteiger partial charge in [0.05, 0.1) is 23.9 Å². The molecule has 6 aromatic carbocycles. The zero-order valence-corrected chi connectivity index (χ0v) is 30.7. The lowest BCUT2D eigenvalue weighted by Crippen LogP contribution is -2.26. The van der Waals surface area contributed by atoms with E-state index in [0.717, 1.165) is 17.2 Å². The second-order valence-corrected chi connectivity index (χ2v) is 14.1. The van der Waals surface area contributed by atoms with Gasteiger partial charge in [0.25, 0.3) is 0 Å². The molecule has 278 valence electrons.